The van der Waals surface area contributed by atoms with Gasteiger partial charge in [0, 0.05) is 6.42 Å². The van der Waals surface area contributed by atoms with Crippen LogP contribution in [0.4, 0.5) is 4.79 Å². The average Bonchev–Trinajstić information content (AvgIpc) is 2.65. The van der Waals surface area contributed by atoms with Gasteiger partial charge in [0.25, 0.3) is 0 Å². The van der Waals surface area contributed by atoms with Gasteiger partial charge in [-0.1, -0.05) is 6.92 Å². The Hall–Kier alpha value is -2.16. The Morgan fingerprint density at radius 1 is 1.41 bits per heavy atom. The van der Waals surface area contributed by atoms with Gasteiger partial charge >= 0.3 is 23.7 Å². The number of nitrogens with one attached hydrogen (secondary N) is 1. The van der Waals surface area contributed by atoms with Crippen LogP contribution in [0.2, 0.25) is 0 Å². The molecule has 0 saturated carbocycles. The van der Waals surface area contributed by atoms with Crippen LogP contribution in [0.5, 0.6) is 0 Å². The molecule has 2 N–H and O–H groups in total. The lowest BCUT2D eigenvalue weighted by molar-refractivity contribution is -0.223. The van der Waals surface area contributed by atoms with Crippen LogP contribution >= 0.6 is 0 Å². The zero-order chi connectivity index (χ0) is 17.1. The molecule has 0 fully saturated rings. The van der Waals surface area contributed by atoms with Gasteiger partial charge in [-0.3, -0.25) is 14.8 Å². The molecule has 124 valence electrons. The lowest BCUT2D eigenvalue weighted by Crippen LogP contribution is -2.62. The number of rotatable bonds is 4. The number of hydrogen-bond donors (Lipinski definition) is 2. The molecule has 2 amide bonds. The normalized spacial score (nSPS) is 21.0. The Balaban J connectivity index is 3.11. The van der Waals surface area contributed by atoms with Crippen molar-refractivity contribution in [1.29, 1.82) is 0 Å². The Kier molecular flexibility index (Phi) is 5.13. The number of esters is 1. The first kappa shape index (κ1) is 17.9. The number of nitrogens with zero attached hydrogens (tertiary/aromatic N) is 2. The summed E-state index contributed by atoms with van der Waals surface area (Å²) >= 11 is 0. The lowest BCUT2D eigenvalue weighted by Gasteiger charge is -2.34. The number of hydroxylamine groups is 2. The van der Waals surface area contributed by atoms with E-state index in [4.69, 9.17) is 9.47 Å². The second kappa shape index (κ2) is 6.30. The van der Waals surface area contributed by atoms with E-state index in [1.807, 2.05) is 0 Å². The zero-order valence-corrected chi connectivity index (χ0v) is 13.3. The minimum atomic E-state index is -2.35. The molecule has 1 rings (SSSR count). The average molecular weight is 315 g/mol. The van der Waals surface area contributed by atoms with Gasteiger partial charge in [-0.25, -0.2) is 10.2 Å². The molecular weight excluding hydrogens is 294 g/mol. The number of amides is 2. The molecule has 0 spiro atoms. The fourth-order valence-corrected chi connectivity index (χ4v) is 1.72. The lowest BCUT2D eigenvalue weighted by atomic mass is 10.1. The molecule has 9 heteroatoms. The van der Waals surface area contributed by atoms with Crippen LogP contribution in [0, 0.1) is 0 Å². The number of hydrazone groups is 1. The Morgan fingerprint density at radius 3 is 2.41 bits per heavy atom. The summed E-state index contributed by atoms with van der Waals surface area (Å²) in [6.45, 7) is 7.84. The topological polar surface area (TPSA) is 118 Å². The van der Waals surface area contributed by atoms with Crippen molar-refractivity contribution in [1.82, 2.24) is 10.5 Å². The third-order valence-electron chi connectivity index (χ3n) is 2.70. The summed E-state index contributed by atoms with van der Waals surface area (Å²) in [5, 5.41) is 13.7. The minimum Gasteiger partial charge on any atom is -0.442 e. The van der Waals surface area contributed by atoms with Gasteiger partial charge in [-0.05, 0) is 34.1 Å². The summed E-state index contributed by atoms with van der Waals surface area (Å²) in [4.78, 5) is 35.8. The van der Waals surface area contributed by atoms with Crippen molar-refractivity contribution >= 4 is 23.7 Å². The van der Waals surface area contributed by atoms with Crippen LogP contribution < -0.4 is 5.43 Å². The van der Waals surface area contributed by atoms with Crippen molar-refractivity contribution in [2.24, 2.45) is 5.10 Å². The van der Waals surface area contributed by atoms with Gasteiger partial charge in [0.15, 0.2) is 0 Å². The maximum Gasteiger partial charge on any atom is 0.438 e. The predicted octanol–water partition coefficient (Wildman–Crippen LogP) is 1.16. The summed E-state index contributed by atoms with van der Waals surface area (Å²) in [7, 11) is 0. The van der Waals surface area contributed by atoms with Crippen molar-refractivity contribution in [2.45, 2.75) is 58.8 Å². The van der Waals surface area contributed by atoms with Crippen molar-refractivity contribution in [3.05, 3.63) is 0 Å². The monoisotopic (exact) mass is 315 g/mol. The van der Waals surface area contributed by atoms with E-state index in [1.54, 1.807) is 27.7 Å². The molecular formula is C13H21N3O6. The molecule has 0 radical (unpaired) electrons. The first-order valence-electron chi connectivity index (χ1n) is 6.83. The third-order valence-corrected chi connectivity index (χ3v) is 2.70. The van der Waals surface area contributed by atoms with E-state index in [9.17, 15) is 19.6 Å². The van der Waals surface area contributed by atoms with E-state index in [0.717, 1.165) is 0 Å². The molecule has 0 aromatic carbocycles. The predicted molar refractivity (Wildman–Crippen MR) is 74.8 cm³/mol. The molecule has 1 atom stereocenters. The maximum absolute atomic E-state index is 12.0. The van der Waals surface area contributed by atoms with Crippen molar-refractivity contribution < 1.29 is 29.1 Å². The minimum absolute atomic E-state index is 0.0183. The molecule has 0 bridgehead atoms. The third kappa shape index (κ3) is 3.53. The molecule has 0 aromatic rings. The van der Waals surface area contributed by atoms with Gasteiger partial charge < -0.3 is 9.47 Å². The Labute approximate surface area is 128 Å². The van der Waals surface area contributed by atoms with Crippen molar-refractivity contribution in [3.8, 4) is 0 Å². The van der Waals surface area contributed by atoms with Crippen LogP contribution in [-0.4, -0.2) is 45.3 Å². The highest BCUT2D eigenvalue weighted by molar-refractivity contribution is 6.16. The van der Waals surface area contributed by atoms with Crippen molar-refractivity contribution in [3.63, 3.8) is 0 Å². The molecule has 0 aromatic heterocycles. The van der Waals surface area contributed by atoms with Gasteiger partial charge in [0.05, 0.1) is 0 Å². The smallest absolute Gasteiger partial charge is 0.438 e. The highest BCUT2D eigenvalue weighted by atomic mass is 16.7. The Bertz CT molecular complexity index is 510. The van der Waals surface area contributed by atoms with Crippen molar-refractivity contribution in [2.75, 3.05) is 0 Å². The number of ether oxygens (including phenoxy) is 2. The van der Waals surface area contributed by atoms with E-state index >= 15 is 0 Å². The molecule has 1 aliphatic heterocycles. The molecule has 9 nitrogen and oxygen atoms in total. The Morgan fingerprint density at radius 2 is 2.00 bits per heavy atom. The molecule has 1 heterocycles. The standard InChI is InChI=1S/C13H21N3O6/c1-6-7-9(17)21-13(8(2)14-15-10(13)18)16(20)11(19)22-12(3,4)5/h20H,6-7H2,1-5H3,(H,15,18). The zero-order valence-electron chi connectivity index (χ0n) is 13.3. The van der Waals surface area contributed by atoms with E-state index < -0.39 is 29.3 Å². The summed E-state index contributed by atoms with van der Waals surface area (Å²) < 4.78 is 10.0. The summed E-state index contributed by atoms with van der Waals surface area (Å²) in [6.07, 6.45) is -0.738. The fourth-order valence-electron chi connectivity index (χ4n) is 1.72. The van der Waals surface area contributed by atoms with Gasteiger partial charge in [0.2, 0.25) is 0 Å². The van der Waals surface area contributed by atoms with E-state index in [0.29, 0.717) is 6.42 Å². The second-order valence-corrected chi connectivity index (χ2v) is 5.80. The van der Waals surface area contributed by atoms with Gasteiger partial charge in [0.1, 0.15) is 11.3 Å². The molecule has 22 heavy (non-hydrogen) atoms. The number of carbonyl (C=O) groups excluding carboxylic acids is 3. The summed E-state index contributed by atoms with van der Waals surface area (Å²) in [5.74, 6) is -1.71. The number of carbonyl (C=O) groups is 3. The van der Waals surface area contributed by atoms with E-state index in [-0.39, 0.29) is 17.2 Å². The highest BCUT2D eigenvalue weighted by Gasteiger charge is 2.57. The van der Waals surface area contributed by atoms with Crippen LogP contribution in [-0.2, 0) is 19.1 Å². The summed E-state index contributed by atoms with van der Waals surface area (Å²) in [6, 6.07) is 0. The fraction of sp³-hybridized carbons (Fsp3) is 0.692. The quantitative estimate of drug-likeness (QED) is 0.348. The molecule has 1 aliphatic rings. The largest absolute Gasteiger partial charge is 0.442 e. The summed E-state index contributed by atoms with van der Waals surface area (Å²) in [5.41, 5.74) is -1.28. The van der Waals surface area contributed by atoms with Crippen LogP contribution in [0.15, 0.2) is 5.10 Å². The molecule has 0 saturated heterocycles. The van der Waals surface area contributed by atoms with E-state index in [2.05, 4.69) is 10.5 Å². The number of hydrogen-bond acceptors (Lipinski definition) is 7. The van der Waals surface area contributed by atoms with Crippen LogP contribution in [0.3, 0.4) is 0 Å². The maximum atomic E-state index is 12.0. The van der Waals surface area contributed by atoms with Crippen LogP contribution in [0.25, 0.3) is 0 Å². The second-order valence-electron chi connectivity index (χ2n) is 5.80. The highest BCUT2D eigenvalue weighted by Crippen LogP contribution is 2.25. The molecule has 0 aliphatic carbocycles. The van der Waals surface area contributed by atoms with Crippen LogP contribution in [0.1, 0.15) is 47.5 Å². The SMILES string of the molecule is CCCC(=O)OC1(N(O)C(=O)OC(C)(C)C)C(=O)NN=C1C. The first-order valence-corrected chi connectivity index (χ1v) is 6.83. The first-order chi connectivity index (χ1) is 10.0. The molecule has 1 unspecified atom stereocenters. The van der Waals surface area contributed by atoms with E-state index in [1.165, 1.54) is 6.92 Å². The van der Waals surface area contributed by atoms with Gasteiger partial charge in [-0.2, -0.15) is 5.10 Å². The van der Waals surface area contributed by atoms with Gasteiger partial charge in [-0.15, -0.1) is 5.06 Å².